The number of hydrogen-bond donors (Lipinski definition) is 4. The lowest BCUT2D eigenvalue weighted by Gasteiger charge is -2.40. The van der Waals surface area contributed by atoms with Gasteiger partial charge in [0.25, 0.3) is 0 Å². The molecular weight excluding hydrogens is 434 g/mol. The van der Waals surface area contributed by atoms with Crippen molar-refractivity contribution in [2.45, 2.75) is 30.5 Å². The minimum absolute atomic E-state index is 0.0166. The highest BCUT2D eigenvalue weighted by Crippen LogP contribution is 2.39. The quantitative estimate of drug-likeness (QED) is 0.445. The Morgan fingerprint density at radius 1 is 0.970 bits per heavy atom. The summed E-state index contributed by atoms with van der Waals surface area (Å²) < 4.78 is 16.8. The Morgan fingerprint density at radius 2 is 1.58 bits per heavy atom. The van der Waals surface area contributed by atoms with E-state index < -0.39 is 49.1 Å². The predicted molar refractivity (Wildman–Crippen MR) is 116 cm³/mol. The highest BCUT2D eigenvalue weighted by Gasteiger charge is 2.47. The van der Waals surface area contributed by atoms with E-state index in [-0.39, 0.29) is 22.5 Å². The van der Waals surface area contributed by atoms with Gasteiger partial charge in [0.1, 0.15) is 41.9 Å². The van der Waals surface area contributed by atoms with Crippen molar-refractivity contribution in [3.05, 3.63) is 58.4 Å². The Morgan fingerprint density at radius 3 is 2.15 bits per heavy atom. The van der Waals surface area contributed by atoms with Gasteiger partial charge in [-0.25, -0.2) is 9.59 Å². The van der Waals surface area contributed by atoms with Crippen molar-refractivity contribution in [3.63, 3.8) is 0 Å². The maximum Gasteiger partial charge on any atom is 0.355 e. The van der Waals surface area contributed by atoms with Crippen molar-refractivity contribution in [3.8, 4) is 0 Å². The summed E-state index contributed by atoms with van der Waals surface area (Å²) in [6, 6.07) is 9.14. The Labute approximate surface area is 190 Å². The average Bonchev–Trinajstić information content (AvgIpc) is 3.12. The number of carbonyl (C=O) groups excluding carboxylic acids is 2. The fraction of sp³-hybridized carbons (Fsp3) is 0.391. The topological polar surface area (TPSA) is 148 Å². The molecule has 10 heteroatoms. The smallest absolute Gasteiger partial charge is 0.355 e. The van der Waals surface area contributed by atoms with Gasteiger partial charge in [0.15, 0.2) is 0 Å². The molecule has 1 aliphatic heterocycles. The number of esters is 2. The lowest BCUT2D eigenvalue weighted by Crippen LogP contribution is -2.55. The van der Waals surface area contributed by atoms with Gasteiger partial charge in [-0.2, -0.15) is 0 Å². The Kier molecular flexibility index (Phi) is 7.67. The standard InChI is InChI=1S/C23H27NO9/c1-24-16(22(29)31-2)13(10-9-12-7-5-4-6-8-12)15(17(24)23(30)32-3)21-20(28)19(27)18(26)14(11-25)33-21/h4-10,14,18-21,25-28H,11H2,1-3H3. The van der Waals surface area contributed by atoms with Crippen LogP contribution in [0.15, 0.2) is 30.3 Å². The molecule has 178 valence electrons. The number of nitrogens with zero attached hydrogens (tertiary/aromatic N) is 1. The third-order valence-electron chi connectivity index (χ3n) is 5.65. The maximum absolute atomic E-state index is 12.7. The van der Waals surface area contributed by atoms with E-state index >= 15 is 0 Å². The molecule has 5 unspecified atom stereocenters. The van der Waals surface area contributed by atoms with Crippen LogP contribution < -0.4 is 0 Å². The van der Waals surface area contributed by atoms with Crippen LogP contribution in [0.1, 0.15) is 43.8 Å². The Hall–Kier alpha value is -3.02. The van der Waals surface area contributed by atoms with E-state index in [9.17, 15) is 30.0 Å². The van der Waals surface area contributed by atoms with Crippen molar-refractivity contribution in [2.75, 3.05) is 20.8 Å². The van der Waals surface area contributed by atoms with Gasteiger partial charge in [-0.1, -0.05) is 42.5 Å². The monoisotopic (exact) mass is 461 g/mol. The van der Waals surface area contributed by atoms with Gasteiger partial charge in [-0.3, -0.25) is 0 Å². The van der Waals surface area contributed by atoms with Gasteiger partial charge >= 0.3 is 11.9 Å². The molecule has 2 heterocycles. The number of ether oxygens (including phenoxy) is 3. The molecule has 0 radical (unpaired) electrons. The molecular formula is C23H27NO9. The summed E-state index contributed by atoms with van der Waals surface area (Å²) >= 11 is 0. The Bertz CT molecular complexity index is 1030. The molecule has 1 aromatic carbocycles. The van der Waals surface area contributed by atoms with E-state index in [0.717, 1.165) is 12.7 Å². The fourth-order valence-electron chi connectivity index (χ4n) is 3.96. The second-order valence-corrected chi connectivity index (χ2v) is 7.56. The highest BCUT2D eigenvalue weighted by atomic mass is 16.5. The number of aliphatic hydroxyl groups excluding tert-OH is 4. The zero-order valence-corrected chi connectivity index (χ0v) is 18.4. The van der Waals surface area contributed by atoms with Gasteiger partial charge in [-0.05, 0) is 5.56 Å². The largest absolute Gasteiger partial charge is 0.464 e. The second-order valence-electron chi connectivity index (χ2n) is 7.56. The number of hydrogen-bond acceptors (Lipinski definition) is 9. The molecule has 2 aromatic rings. The van der Waals surface area contributed by atoms with Crippen molar-refractivity contribution >= 4 is 24.1 Å². The third-order valence-corrected chi connectivity index (χ3v) is 5.65. The molecule has 1 aromatic heterocycles. The summed E-state index contributed by atoms with van der Waals surface area (Å²) in [5, 5.41) is 40.8. The predicted octanol–water partition coefficient (Wildman–Crippen LogP) is 0.284. The molecule has 5 atom stereocenters. The highest BCUT2D eigenvalue weighted by molar-refractivity contribution is 6.00. The molecule has 33 heavy (non-hydrogen) atoms. The number of aromatic nitrogens is 1. The summed E-state index contributed by atoms with van der Waals surface area (Å²) in [5.41, 5.74) is 0.898. The molecule has 1 aliphatic rings. The number of carbonyl (C=O) groups is 2. The lowest BCUT2D eigenvalue weighted by atomic mass is 9.89. The molecule has 0 spiro atoms. The SMILES string of the molecule is COC(=O)c1c(C=Cc2ccccc2)c(C2OC(CO)C(O)C(O)C2O)c(C(=O)OC)n1C. The van der Waals surface area contributed by atoms with Crippen LogP contribution >= 0.6 is 0 Å². The van der Waals surface area contributed by atoms with Gasteiger partial charge in [-0.15, -0.1) is 0 Å². The van der Waals surface area contributed by atoms with Crippen molar-refractivity contribution in [1.82, 2.24) is 4.57 Å². The number of methoxy groups -OCH3 is 2. The second kappa shape index (κ2) is 10.3. The van der Waals surface area contributed by atoms with Crippen LogP contribution in [0.5, 0.6) is 0 Å². The minimum Gasteiger partial charge on any atom is -0.464 e. The zero-order chi connectivity index (χ0) is 24.3. The van der Waals surface area contributed by atoms with Gasteiger partial charge in [0.2, 0.25) is 0 Å². The van der Waals surface area contributed by atoms with Crippen molar-refractivity contribution in [2.24, 2.45) is 7.05 Å². The van der Waals surface area contributed by atoms with Gasteiger partial charge in [0.05, 0.1) is 20.8 Å². The summed E-state index contributed by atoms with van der Waals surface area (Å²) in [4.78, 5) is 25.4. The van der Waals surface area contributed by atoms with Gasteiger partial charge in [0, 0.05) is 18.2 Å². The molecule has 1 fully saturated rings. The first-order chi connectivity index (χ1) is 15.8. The minimum atomic E-state index is -1.68. The van der Waals surface area contributed by atoms with Crippen LogP contribution in [0.25, 0.3) is 12.2 Å². The average molecular weight is 461 g/mol. The third kappa shape index (κ3) is 4.56. The van der Waals surface area contributed by atoms with E-state index in [1.165, 1.54) is 18.7 Å². The van der Waals surface area contributed by atoms with Crippen molar-refractivity contribution < 1.29 is 44.2 Å². The van der Waals surface area contributed by atoms with Crippen LogP contribution in [0, 0.1) is 0 Å². The molecule has 10 nitrogen and oxygen atoms in total. The van der Waals surface area contributed by atoms with E-state index in [1.54, 1.807) is 12.2 Å². The van der Waals surface area contributed by atoms with E-state index in [2.05, 4.69) is 0 Å². The first-order valence-electron chi connectivity index (χ1n) is 10.2. The lowest BCUT2D eigenvalue weighted by molar-refractivity contribution is -0.231. The van der Waals surface area contributed by atoms with E-state index in [4.69, 9.17) is 14.2 Å². The molecule has 0 aliphatic carbocycles. The fourth-order valence-corrected chi connectivity index (χ4v) is 3.96. The number of rotatable bonds is 6. The van der Waals surface area contributed by atoms with Gasteiger partial charge < -0.3 is 39.2 Å². The molecule has 3 rings (SSSR count). The van der Waals surface area contributed by atoms with Crippen molar-refractivity contribution in [1.29, 1.82) is 0 Å². The maximum atomic E-state index is 12.7. The molecule has 0 bridgehead atoms. The van der Waals surface area contributed by atoms with Crippen LogP contribution in [0.2, 0.25) is 0 Å². The molecule has 1 saturated heterocycles. The normalized spacial score (nSPS) is 25.2. The van der Waals surface area contributed by atoms with Crippen LogP contribution in [-0.4, -0.2) is 82.2 Å². The number of aliphatic hydroxyl groups is 4. The van der Waals surface area contributed by atoms with E-state index in [1.807, 2.05) is 30.3 Å². The first-order valence-corrected chi connectivity index (χ1v) is 10.2. The van der Waals surface area contributed by atoms with Crippen LogP contribution in [0.3, 0.4) is 0 Å². The summed E-state index contributed by atoms with van der Waals surface area (Å²) in [7, 11) is 3.79. The first kappa shape index (κ1) is 24.6. The van der Waals surface area contributed by atoms with Crippen LogP contribution in [-0.2, 0) is 21.3 Å². The van der Waals surface area contributed by atoms with Crippen LogP contribution in [0.4, 0.5) is 0 Å². The molecule has 4 N–H and O–H groups in total. The van der Waals surface area contributed by atoms with E-state index in [0.29, 0.717) is 0 Å². The summed E-state index contributed by atoms with van der Waals surface area (Å²) in [5.74, 6) is -1.58. The zero-order valence-electron chi connectivity index (χ0n) is 18.4. The molecule has 0 amide bonds. The Balaban J connectivity index is 2.28. The molecule has 0 saturated carbocycles. The summed E-state index contributed by atoms with van der Waals surface area (Å²) in [6.07, 6.45) is -4.29. The summed E-state index contributed by atoms with van der Waals surface area (Å²) in [6.45, 7) is -0.652. The number of benzene rings is 1.